The number of thioether (sulfide) groups is 1. The second-order valence-corrected chi connectivity index (χ2v) is 8.43. The Morgan fingerprint density at radius 2 is 1.42 bits per heavy atom. The molecule has 1 atom stereocenters. The van der Waals surface area contributed by atoms with E-state index < -0.39 is 28.7 Å². The molecule has 0 bridgehead atoms. The van der Waals surface area contributed by atoms with E-state index in [1.54, 1.807) is 13.8 Å². The summed E-state index contributed by atoms with van der Waals surface area (Å²) in [5.74, 6) is -2.13. The summed E-state index contributed by atoms with van der Waals surface area (Å²) < 4.78 is 15.4. The molecule has 1 saturated heterocycles. The number of methoxy groups -OCH3 is 1. The molecule has 1 fully saturated rings. The van der Waals surface area contributed by atoms with Gasteiger partial charge in [0.1, 0.15) is 10.8 Å². The first-order valence-corrected chi connectivity index (χ1v) is 11.4. The average Bonchev–Trinajstić information content (AvgIpc) is 3.20. The van der Waals surface area contributed by atoms with Crippen LogP contribution >= 0.6 is 11.8 Å². The molecule has 8 nitrogen and oxygen atoms in total. The van der Waals surface area contributed by atoms with Gasteiger partial charge >= 0.3 is 17.9 Å². The Bertz CT molecular complexity index is 1080. The Balaban J connectivity index is 1.99. The second kappa shape index (κ2) is 9.19. The Morgan fingerprint density at radius 1 is 0.909 bits per heavy atom. The van der Waals surface area contributed by atoms with Crippen molar-refractivity contribution in [2.24, 2.45) is 0 Å². The number of nitrogens with one attached hydrogen (secondary N) is 2. The van der Waals surface area contributed by atoms with Crippen molar-refractivity contribution in [2.45, 2.75) is 24.6 Å². The van der Waals surface area contributed by atoms with E-state index in [1.807, 2.05) is 48.5 Å². The quantitative estimate of drug-likeness (QED) is 0.225. The summed E-state index contributed by atoms with van der Waals surface area (Å²) >= 11 is 1.06. The molecule has 33 heavy (non-hydrogen) atoms. The molecular weight excluding hydrogens is 444 g/mol. The molecule has 0 amide bonds. The molecular formula is C24H24N2O6S. The van der Waals surface area contributed by atoms with Gasteiger partial charge in [0.15, 0.2) is 5.57 Å². The number of ether oxygens (including phenoxy) is 3. The van der Waals surface area contributed by atoms with Crippen LogP contribution in [0.25, 0.3) is 0 Å². The highest BCUT2D eigenvalue weighted by Gasteiger charge is 2.57. The predicted molar refractivity (Wildman–Crippen MR) is 124 cm³/mol. The molecule has 2 aromatic rings. The minimum atomic E-state index is -1.10. The van der Waals surface area contributed by atoms with Crippen LogP contribution in [0.15, 0.2) is 59.1 Å². The summed E-state index contributed by atoms with van der Waals surface area (Å²) in [5.41, 5.74) is 1.79. The molecule has 0 aliphatic carbocycles. The van der Waals surface area contributed by atoms with Crippen LogP contribution in [-0.4, -0.2) is 43.5 Å². The van der Waals surface area contributed by atoms with Crippen molar-refractivity contribution in [3.8, 4) is 0 Å². The van der Waals surface area contributed by atoms with Gasteiger partial charge in [-0.15, -0.1) is 0 Å². The van der Waals surface area contributed by atoms with Crippen molar-refractivity contribution in [3.05, 3.63) is 70.3 Å². The van der Waals surface area contributed by atoms with Crippen molar-refractivity contribution in [3.63, 3.8) is 0 Å². The van der Waals surface area contributed by atoms with Gasteiger partial charge in [-0.05, 0) is 26.0 Å². The number of anilines is 2. The molecule has 2 aliphatic rings. The maximum atomic E-state index is 13.1. The van der Waals surface area contributed by atoms with Gasteiger partial charge in [0.05, 0.1) is 25.4 Å². The monoisotopic (exact) mass is 468 g/mol. The first kappa shape index (κ1) is 22.7. The van der Waals surface area contributed by atoms with Crippen molar-refractivity contribution >= 4 is 41.0 Å². The van der Waals surface area contributed by atoms with Crippen LogP contribution in [0.3, 0.4) is 0 Å². The highest BCUT2D eigenvalue weighted by molar-refractivity contribution is 8.04. The summed E-state index contributed by atoms with van der Waals surface area (Å²) in [5, 5.41) is 6.13. The van der Waals surface area contributed by atoms with Crippen LogP contribution in [0.2, 0.25) is 0 Å². The summed E-state index contributed by atoms with van der Waals surface area (Å²) in [7, 11) is 1.31. The molecule has 9 heteroatoms. The number of rotatable bonds is 5. The number of hydrogen-bond acceptors (Lipinski definition) is 9. The smallest absolute Gasteiger partial charge is 0.348 e. The molecule has 172 valence electrons. The lowest BCUT2D eigenvalue weighted by atomic mass is 9.76. The molecule has 1 spiro atoms. The number of hydrogen-bond donors (Lipinski definition) is 2. The minimum Gasteiger partial charge on any atom is -0.468 e. The van der Waals surface area contributed by atoms with Gasteiger partial charge in [-0.25, -0.2) is 9.59 Å². The molecule has 2 aromatic carbocycles. The lowest BCUT2D eigenvalue weighted by molar-refractivity contribution is -0.146. The van der Waals surface area contributed by atoms with Gasteiger partial charge in [0.2, 0.25) is 0 Å². The topological polar surface area (TPSA) is 103 Å². The summed E-state index contributed by atoms with van der Waals surface area (Å²) in [4.78, 5) is 38.7. The van der Waals surface area contributed by atoms with E-state index in [-0.39, 0.29) is 23.8 Å². The van der Waals surface area contributed by atoms with Crippen molar-refractivity contribution in [1.82, 2.24) is 5.32 Å². The number of para-hydroxylation sites is 2. The molecule has 1 unspecified atom stereocenters. The summed E-state index contributed by atoms with van der Waals surface area (Å²) in [6.45, 7) is 3.47. The average molecular weight is 469 g/mol. The third-order valence-electron chi connectivity index (χ3n) is 5.51. The van der Waals surface area contributed by atoms with E-state index in [4.69, 9.17) is 14.2 Å². The lowest BCUT2D eigenvalue weighted by Gasteiger charge is -2.40. The van der Waals surface area contributed by atoms with E-state index in [0.29, 0.717) is 0 Å². The maximum Gasteiger partial charge on any atom is 0.348 e. The standard InChI is InChI=1S/C24H24N2O6S/c1-4-31-21(27)18(22(28)32-5-2)20-26-24(19(33-20)23(29)30-3)14-10-6-8-12-16(14)25-17-13-9-7-11-15(17)24/h6-13,19,25-26H,4-5H2,1-3H3. The zero-order chi connectivity index (χ0) is 23.6. The first-order chi connectivity index (χ1) is 16.0. The van der Waals surface area contributed by atoms with Gasteiger partial charge in [0, 0.05) is 22.5 Å². The fourth-order valence-corrected chi connectivity index (χ4v) is 5.61. The number of fused-ring (bicyclic) bond motifs is 4. The first-order valence-electron chi connectivity index (χ1n) is 10.5. The van der Waals surface area contributed by atoms with Gasteiger partial charge in [-0.1, -0.05) is 48.2 Å². The molecule has 4 rings (SSSR count). The fraction of sp³-hybridized carbons (Fsp3) is 0.292. The summed E-state index contributed by atoms with van der Waals surface area (Å²) in [6.07, 6.45) is 0. The Hall–Kier alpha value is -3.46. The molecule has 0 aromatic heterocycles. The van der Waals surface area contributed by atoms with Gasteiger partial charge in [-0.3, -0.25) is 4.79 Å². The molecule has 0 radical (unpaired) electrons. The Kier molecular flexibility index (Phi) is 6.33. The van der Waals surface area contributed by atoms with Gasteiger partial charge in [-0.2, -0.15) is 0 Å². The van der Waals surface area contributed by atoms with Crippen LogP contribution in [0, 0.1) is 0 Å². The van der Waals surface area contributed by atoms with E-state index in [9.17, 15) is 14.4 Å². The third kappa shape index (κ3) is 3.72. The SMILES string of the molecule is CCOC(=O)C(C(=O)OCC)=C1NC2(c3ccccc3Nc3ccccc32)C(C(=O)OC)S1. The van der Waals surface area contributed by atoms with Crippen molar-refractivity contribution < 1.29 is 28.6 Å². The number of benzene rings is 2. The zero-order valence-electron chi connectivity index (χ0n) is 18.5. The van der Waals surface area contributed by atoms with E-state index >= 15 is 0 Å². The molecule has 2 N–H and O–H groups in total. The largest absolute Gasteiger partial charge is 0.468 e. The third-order valence-corrected chi connectivity index (χ3v) is 6.84. The van der Waals surface area contributed by atoms with E-state index in [1.165, 1.54) is 7.11 Å². The van der Waals surface area contributed by atoms with Crippen molar-refractivity contribution in [2.75, 3.05) is 25.6 Å². The minimum absolute atomic E-state index is 0.0842. The Labute approximate surface area is 195 Å². The van der Waals surface area contributed by atoms with Crippen molar-refractivity contribution in [1.29, 1.82) is 0 Å². The van der Waals surface area contributed by atoms with Crippen LogP contribution in [-0.2, 0) is 34.1 Å². The Morgan fingerprint density at radius 3 is 1.91 bits per heavy atom. The van der Waals surface area contributed by atoms with E-state index in [2.05, 4.69) is 10.6 Å². The van der Waals surface area contributed by atoms with Crippen LogP contribution < -0.4 is 10.6 Å². The fourth-order valence-electron chi connectivity index (χ4n) is 4.19. The highest BCUT2D eigenvalue weighted by Crippen LogP contribution is 2.55. The molecule has 0 saturated carbocycles. The number of carbonyl (C=O) groups is 3. The predicted octanol–water partition coefficient (Wildman–Crippen LogP) is 3.20. The number of esters is 3. The maximum absolute atomic E-state index is 13.1. The van der Waals surface area contributed by atoms with E-state index in [0.717, 1.165) is 34.3 Å². The highest BCUT2D eigenvalue weighted by atomic mass is 32.2. The lowest BCUT2D eigenvalue weighted by Crippen LogP contribution is -2.50. The molecule has 2 aliphatic heterocycles. The summed E-state index contributed by atoms with van der Waals surface area (Å²) in [6, 6.07) is 15.1. The van der Waals surface area contributed by atoms with Gasteiger partial charge in [0.25, 0.3) is 0 Å². The molecule has 2 heterocycles. The number of carbonyl (C=O) groups excluding carboxylic acids is 3. The second-order valence-electron chi connectivity index (χ2n) is 7.32. The zero-order valence-corrected chi connectivity index (χ0v) is 19.3. The van der Waals surface area contributed by atoms with Crippen LogP contribution in [0.1, 0.15) is 25.0 Å². The van der Waals surface area contributed by atoms with Crippen LogP contribution in [0.5, 0.6) is 0 Å². The van der Waals surface area contributed by atoms with Gasteiger partial charge < -0.3 is 24.8 Å². The normalized spacial score (nSPS) is 17.2. The van der Waals surface area contributed by atoms with Crippen LogP contribution in [0.4, 0.5) is 11.4 Å².